The van der Waals surface area contributed by atoms with Crippen LogP contribution in [0.4, 0.5) is 4.39 Å². The van der Waals surface area contributed by atoms with Crippen LogP contribution in [0, 0.1) is 5.82 Å². The van der Waals surface area contributed by atoms with Crippen molar-refractivity contribution in [1.82, 2.24) is 0 Å². The van der Waals surface area contributed by atoms with Gasteiger partial charge in [0.05, 0.1) is 13.5 Å². The molecule has 0 saturated heterocycles. The number of carboxylic acids is 1. The number of methoxy groups -OCH3 is 1. The zero-order valence-electron chi connectivity index (χ0n) is 10.8. The summed E-state index contributed by atoms with van der Waals surface area (Å²) in [6.07, 6.45) is -0.166. The molecule has 4 nitrogen and oxygen atoms in total. The molecule has 0 fully saturated rings. The Morgan fingerprint density at radius 1 is 1.15 bits per heavy atom. The van der Waals surface area contributed by atoms with Gasteiger partial charge in [-0.05, 0) is 30.3 Å². The summed E-state index contributed by atoms with van der Waals surface area (Å²) in [5.41, 5.74) is 0.516. The molecule has 0 bridgehead atoms. The van der Waals surface area contributed by atoms with Crippen molar-refractivity contribution in [3.8, 4) is 17.2 Å². The number of carbonyl (C=O) groups is 1. The molecule has 0 aromatic heterocycles. The van der Waals surface area contributed by atoms with Gasteiger partial charge in [-0.15, -0.1) is 0 Å². The number of rotatable bonds is 5. The lowest BCUT2D eigenvalue weighted by Gasteiger charge is -2.11. The Labute approximate surface area is 115 Å². The van der Waals surface area contributed by atoms with Gasteiger partial charge < -0.3 is 14.6 Å². The van der Waals surface area contributed by atoms with Crippen molar-refractivity contribution in [1.29, 1.82) is 0 Å². The molecule has 0 aliphatic heterocycles. The van der Waals surface area contributed by atoms with Crippen molar-refractivity contribution in [3.63, 3.8) is 0 Å². The molecule has 0 aliphatic rings. The second kappa shape index (κ2) is 6.06. The maximum absolute atomic E-state index is 12.8. The van der Waals surface area contributed by atoms with E-state index in [4.69, 9.17) is 14.6 Å². The van der Waals surface area contributed by atoms with Crippen molar-refractivity contribution in [2.24, 2.45) is 0 Å². The Bertz CT molecular complexity index is 608. The smallest absolute Gasteiger partial charge is 0.307 e. The van der Waals surface area contributed by atoms with E-state index in [9.17, 15) is 9.18 Å². The maximum atomic E-state index is 12.8. The molecule has 2 aromatic rings. The van der Waals surface area contributed by atoms with Crippen molar-refractivity contribution in [2.45, 2.75) is 6.42 Å². The molecular weight excluding hydrogens is 263 g/mol. The van der Waals surface area contributed by atoms with E-state index in [0.717, 1.165) is 0 Å². The van der Waals surface area contributed by atoms with Crippen LogP contribution in [0.15, 0.2) is 42.5 Å². The van der Waals surface area contributed by atoms with E-state index in [2.05, 4.69) is 0 Å². The van der Waals surface area contributed by atoms with E-state index in [1.165, 1.54) is 31.4 Å². The van der Waals surface area contributed by atoms with Crippen LogP contribution < -0.4 is 9.47 Å². The summed E-state index contributed by atoms with van der Waals surface area (Å²) in [6, 6.07) is 10.4. The van der Waals surface area contributed by atoms with Crippen molar-refractivity contribution >= 4 is 5.97 Å². The Hall–Kier alpha value is -2.56. The number of carboxylic acid groups (broad SMARTS) is 1. The average Bonchev–Trinajstić information content (AvgIpc) is 2.42. The molecule has 20 heavy (non-hydrogen) atoms. The van der Waals surface area contributed by atoms with Gasteiger partial charge in [0.15, 0.2) is 0 Å². The fraction of sp³-hybridized carbons (Fsp3) is 0.133. The van der Waals surface area contributed by atoms with E-state index >= 15 is 0 Å². The lowest BCUT2D eigenvalue weighted by molar-refractivity contribution is -0.136. The minimum atomic E-state index is -0.959. The topological polar surface area (TPSA) is 55.8 Å². The number of hydrogen-bond acceptors (Lipinski definition) is 3. The summed E-state index contributed by atoms with van der Waals surface area (Å²) in [6.45, 7) is 0. The normalized spacial score (nSPS) is 10.1. The first-order valence-electron chi connectivity index (χ1n) is 5.90. The predicted molar refractivity (Wildman–Crippen MR) is 70.8 cm³/mol. The zero-order chi connectivity index (χ0) is 14.5. The van der Waals surface area contributed by atoms with Gasteiger partial charge in [-0.3, -0.25) is 4.79 Å². The fourth-order valence-electron chi connectivity index (χ4n) is 1.70. The summed E-state index contributed by atoms with van der Waals surface area (Å²) in [7, 11) is 1.51. The van der Waals surface area contributed by atoms with Crippen LogP contribution >= 0.6 is 0 Å². The van der Waals surface area contributed by atoms with Gasteiger partial charge in [0, 0.05) is 11.6 Å². The number of ether oxygens (including phenoxy) is 2. The van der Waals surface area contributed by atoms with Crippen LogP contribution in [0.1, 0.15) is 5.56 Å². The minimum Gasteiger partial charge on any atom is -0.497 e. The van der Waals surface area contributed by atoms with Crippen LogP contribution in [0.25, 0.3) is 0 Å². The highest BCUT2D eigenvalue weighted by atomic mass is 19.1. The Kier molecular flexibility index (Phi) is 4.20. The van der Waals surface area contributed by atoms with Gasteiger partial charge in [-0.1, -0.05) is 6.07 Å². The number of aliphatic carboxylic acids is 1. The number of benzene rings is 2. The van der Waals surface area contributed by atoms with E-state index in [0.29, 0.717) is 22.8 Å². The third-order valence-corrected chi connectivity index (χ3v) is 2.66. The van der Waals surface area contributed by atoms with E-state index in [1.54, 1.807) is 18.2 Å². The molecule has 0 amide bonds. The predicted octanol–water partition coefficient (Wildman–Crippen LogP) is 3.25. The molecule has 0 unspecified atom stereocenters. The van der Waals surface area contributed by atoms with Gasteiger partial charge in [0.25, 0.3) is 0 Å². The molecule has 2 aromatic carbocycles. The molecule has 0 radical (unpaired) electrons. The third-order valence-electron chi connectivity index (χ3n) is 2.66. The summed E-state index contributed by atoms with van der Waals surface area (Å²) in [5, 5.41) is 8.88. The van der Waals surface area contributed by atoms with E-state index in [1.807, 2.05) is 0 Å². The molecule has 0 heterocycles. The Morgan fingerprint density at radius 3 is 2.40 bits per heavy atom. The first-order valence-corrected chi connectivity index (χ1v) is 5.90. The van der Waals surface area contributed by atoms with Crippen LogP contribution in [0.3, 0.4) is 0 Å². The molecule has 104 valence electrons. The second-order valence-electron chi connectivity index (χ2n) is 4.10. The summed E-state index contributed by atoms with van der Waals surface area (Å²) >= 11 is 0. The highest BCUT2D eigenvalue weighted by molar-refractivity contribution is 5.71. The van der Waals surface area contributed by atoms with E-state index in [-0.39, 0.29) is 12.2 Å². The largest absolute Gasteiger partial charge is 0.497 e. The van der Waals surface area contributed by atoms with Gasteiger partial charge in [-0.25, -0.2) is 4.39 Å². The van der Waals surface area contributed by atoms with Gasteiger partial charge in [0.2, 0.25) is 0 Å². The number of hydrogen-bond donors (Lipinski definition) is 1. The van der Waals surface area contributed by atoms with Crippen molar-refractivity contribution in [3.05, 3.63) is 53.8 Å². The third kappa shape index (κ3) is 3.47. The lowest BCUT2D eigenvalue weighted by atomic mass is 10.1. The molecule has 0 saturated carbocycles. The molecule has 5 heteroatoms. The quantitative estimate of drug-likeness (QED) is 0.910. The van der Waals surface area contributed by atoms with Crippen LogP contribution in [-0.4, -0.2) is 18.2 Å². The summed E-state index contributed by atoms with van der Waals surface area (Å²) < 4.78 is 23.5. The summed E-state index contributed by atoms with van der Waals surface area (Å²) in [5.74, 6) is 0.0220. The van der Waals surface area contributed by atoms with Gasteiger partial charge >= 0.3 is 5.97 Å². The van der Waals surface area contributed by atoms with Crippen molar-refractivity contribution in [2.75, 3.05) is 7.11 Å². The molecule has 0 spiro atoms. The number of halogens is 1. The Balaban J connectivity index is 2.31. The first-order chi connectivity index (χ1) is 9.58. The lowest BCUT2D eigenvalue weighted by Crippen LogP contribution is -2.02. The van der Waals surface area contributed by atoms with Crippen LogP contribution in [-0.2, 0) is 11.2 Å². The molecule has 0 atom stereocenters. The van der Waals surface area contributed by atoms with Crippen molar-refractivity contribution < 1.29 is 23.8 Å². The summed E-state index contributed by atoms with van der Waals surface area (Å²) in [4.78, 5) is 10.8. The SMILES string of the molecule is COc1ccc(CC(=O)O)c(Oc2ccc(F)cc2)c1. The second-order valence-corrected chi connectivity index (χ2v) is 4.10. The van der Waals surface area contributed by atoms with E-state index < -0.39 is 5.97 Å². The molecule has 0 aliphatic carbocycles. The van der Waals surface area contributed by atoms with Crippen LogP contribution in [0.5, 0.6) is 17.2 Å². The highest BCUT2D eigenvalue weighted by Crippen LogP contribution is 2.30. The van der Waals surface area contributed by atoms with Gasteiger partial charge in [-0.2, -0.15) is 0 Å². The molecule has 2 rings (SSSR count). The van der Waals surface area contributed by atoms with Crippen LogP contribution in [0.2, 0.25) is 0 Å². The average molecular weight is 276 g/mol. The molecular formula is C15H13FO4. The molecule has 1 N–H and O–H groups in total. The minimum absolute atomic E-state index is 0.166. The maximum Gasteiger partial charge on any atom is 0.307 e. The zero-order valence-corrected chi connectivity index (χ0v) is 10.8. The van der Waals surface area contributed by atoms with Gasteiger partial charge in [0.1, 0.15) is 23.1 Å². The fourth-order valence-corrected chi connectivity index (χ4v) is 1.70. The Morgan fingerprint density at radius 2 is 1.80 bits per heavy atom. The highest BCUT2D eigenvalue weighted by Gasteiger charge is 2.10. The standard InChI is InChI=1S/C15H13FO4/c1-19-13-5-2-10(8-15(17)18)14(9-13)20-12-6-3-11(16)4-7-12/h2-7,9H,8H2,1H3,(H,17,18). The monoisotopic (exact) mass is 276 g/mol. The first kappa shape index (κ1) is 13.9.